The number of hydrogen-bond donors (Lipinski definition) is 2. The van der Waals surface area contributed by atoms with Crippen molar-refractivity contribution in [1.29, 1.82) is 0 Å². The van der Waals surface area contributed by atoms with Gasteiger partial charge in [0, 0.05) is 6.61 Å². The monoisotopic (exact) mass is 282 g/mol. The van der Waals surface area contributed by atoms with Gasteiger partial charge in [0.1, 0.15) is 0 Å². The first-order valence-electron chi connectivity index (χ1n) is 8.92. The lowest BCUT2D eigenvalue weighted by molar-refractivity contribution is -0.0916. The molecule has 0 aromatic heterocycles. The molecule has 2 aliphatic carbocycles. The van der Waals surface area contributed by atoms with E-state index < -0.39 is 0 Å². The van der Waals surface area contributed by atoms with Crippen molar-refractivity contribution in [3.8, 4) is 0 Å². The molecule has 20 heavy (non-hydrogen) atoms. The smallest absolute Gasteiger partial charge is 0.0850 e. The summed E-state index contributed by atoms with van der Waals surface area (Å²) < 4.78 is 6.36. The van der Waals surface area contributed by atoms with Gasteiger partial charge in [-0.05, 0) is 38.5 Å². The number of rotatable bonds is 5. The standard InChI is InChI=1S/C17H34N2O/c1-2-20-17(13-9-5-6-10-14-17)16(19-18)15-11-7-3-4-8-12-15/h15-16,19H,2-14,18H2,1H3. The van der Waals surface area contributed by atoms with Crippen LogP contribution in [0.5, 0.6) is 0 Å². The molecule has 2 fully saturated rings. The number of nitrogens with two attached hydrogens (primary N) is 1. The van der Waals surface area contributed by atoms with Crippen LogP contribution in [-0.2, 0) is 4.74 Å². The molecule has 118 valence electrons. The van der Waals surface area contributed by atoms with Gasteiger partial charge < -0.3 is 4.74 Å². The van der Waals surface area contributed by atoms with E-state index in [4.69, 9.17) is 10.6 Å². The summed E-state index contributed by atoms with van der Waals surface area (Å²) in [5.74, 6) is 6.72. The lowest BCUT2D eigenvalue weighted by atomic mass is 9.76. The number of nitrogens with one attached hydrogen (secondary N) is 1. The van der Waals surface area contributed by atoms with Crippen molar-refractivity contribution in [3.63, 3.8) is 0 Å². The summed E-state index contributed by atoms with van der Waals surface area (Å²) in [6.07, 6.45) is 15.9. The molecular weight excluding hydrogens is 248 g/mol. The summed E-state index contributed by atoms with van der Waals surface area (Å²) in [5.41, 5.74) is 3.19. The second-order valence-electron chi connectivity index (χ2n) is 6.81. The minimum Gasteiger partial charge on any atom is -0.374 e. The molecule has 3 nitrogen and oxygen atoms in total. The van der Waals surface area contributed by atoms with Gasteiger partial charge in [0.05, 0.1) is 11.6 Å². The Balaban J connectivity index is 2.13. The fourth-order valence-corrected chi connectivity index (χ4v) is 4.52. The van der Waals surface area contributed by atoms with Crippen LogP contribution in [0, 0.1) is 5.92 Å². The maximum Gasteiger partial charge on any atom is 0.0850 e. The minimum absolute atomic E-state index is 0.00495. The quantitative estimate of drug-likeness (QED) is 0.456. The summed E-state index contributed by atoms with van der Waals surface area (Å²) in [7, 11) is 0. The molecule has 0 amide bonds. The van der Waals surface area contributed by atoms with Crippen LogP contribution >= 0.6 is 0 Å². The number of hydrazine groups is 1. The first kappa shape index (κ1) is 16.3. The van der Waals surface area contributed by atoms with E-state index in [0.29, 0.717) is 12.0 Å². The predicted octanol–water partition coefficient (Wildman–Crippen LogP) is 3.92. The molecule has 2 aliphatic rings. The second-order valence-corrected chi connectivity index (χ2v) is 6.81. The van der Waals surface area contributed by atoms with Crippen molar-refractivity contribution >= 4 is 0 Å². The molecule has 0 spiro atoms. The third-order valence-electron chi connectivity index (χ3n) is 5.50. The van der Waals surface area contributed by atoms with Crippen molar-refractivity contribution in [1.82, 2.24) is 5.43 Å². The third kappa shape index (κ3) is 3.96. The maximum atomic E-state index is 6.36. The zero-order chi connectivity index (χ0) is 14.3. The van der Waals surface area contributed by atoms with Gasteiger partial charge in [0.25, 0.3) is 0 Å². The van der Waals surface area contributed by atoms with E-state index in [0.717, 1.165) is 6.61 Å². The zero-order valence-electron chi connectivity index (χ0n) is 13.3. The van der Waals surface area contributed by atoms with Crippen LogP contribution in [0.2, 0.25) is 0 Å². The van der Waals surface area contributed by atoms with Gasteiger partial charge in [-0.1, -0.05) is 51.4 Å². The Labute approximate surface area is 125 Å². The fraction of sp³-hybridized carbons (Fsp3) is 1.00. The summed E-state index contributed by atoms with van der Waals surface area (Å²) >= 11 is 0. The third-order valence-corrected chi connectivity index (χ3v) is 5.50. The van der Waals surface area contributed by atoms with E-state index in [-0.39, 0.29) is 5.60 Å². The maximum absolute atomic E-state index is 6.36. The Bertz CT molecular complexity index is 254. The van der Waals surface area contributed by atoms with Crippen LogP contribution in [0.25, 0.3) is 0 Å². The summed E-state index contributed by atoms with van der Waals surface area (Å²) in [5, 5.41) is 0. The zero-order valence-corrected chi connectivity index (χ0v) is 13.3. The van der Waals surface area contributed by atoms with Gasteiger partial charge >= 0.3 is 0 Å². The van der Waals surface area contributed by atoms with Gasteiger partial charge in [0.15, 0.2) is 0 Å². The Morgan fingerprint density at radius 1 is 1.00 bits per heavy atom. The normalized spacial score (nSPS) is 26.7. The Hall–Kier alpha value is -0.120. The predicted molar refractivity (Wildman–Crippen MR) is 84.4 cm³/mol. The second kappa shape index (κ2) is 8.35. The first-order chi connectivity index (χ1) is 9.82. The average molecular weight is 282 g/mol. The SMILES string of the molecule is CCOC1(C(NN)C2CCCCCC2)CCCCCC1. The van der Waals surface area contributed by atoms with Crippen LogP contribution in [0.3, 0.4) is 0 Å². The Morgan fingerprint density at radius 2 is 1.55 bits per heavy atom. The molecular formula is C17H34N2O. The molecule has 0 aromatic carbocycles. The first-order valence-corrected chi connectivity index (χ1v) is 8.92. The van der Waals surface area contributed by atoms with Gasteiger partial charge in [-0.3, -0.25) is 11.3 Å². The van der Waals surface area contributed by atoms with E-state index in [1.807, 2.05) is 0 Å². The van der Waals surface area contributed by atoms with Crippen molar-refractivity contribution in [2.24, 2.45) is 11.8 Å². The van der Waals surface area contributed by atoms with Crippen molar-refractivity contribution in [3.05, 3.63) is 0 Å². The van der Waals surface area contributed by atoms with Gasteiger partial charge in [-0.25, -0.2) is 0 Å². The van der Waals surface area contributed by atoms with Crippen LogP contribution in [0.4, 0.5) is 0 Å². The van der Waals surface area contributed by atoms with E-state index >= 15 is 0 Å². The molecule has 0 aliphatic heterocycles. The topological polar surface area (TPSA) is 47.3 Å². The van der Waals surface area contributed by atoms with Crippen LogP contribution < -0.4 is 11.3 Å². The molecule has 0 radical (unpaired) electrons. The Morgan fingerprint density at radius 3 is 2.05 bits per heavy atom. The molecule has 0 saturated heterocycles. The van der Waals surface area contributed by atoms with Crippen molar-refractivity contribution in [2.45, 2.75) is 95.6 Å². The minimum atomic E-state index is -0.00495. The largest absolute Gasteiger partial charge is 0.374 e. The van der Waals surface area contributed by atoms with E-state index in [9.17, 15) is 0 Å². The molecule has 2 rings (SSSR count). The molecule has 2 saturated carbocycles. The van der Waals surface area contributed by atoms with Crippen LogP contribution in [-0.4, -0.2) is 18.2 Å². The van der Waals surface area contributed by atoms with E-state index in [1.165, 1.54) is 77.0 Å². The van der Waals surface area contributed by atoms with Gasteiger partial charge in [0.2, 0.25) is 0 Å². The number of ether oxygens (including phenoxy) is 1. The van der Waals surface area contributed by atoms with Crippen molar-refractivity contribution in [2.75, 3.05) is 6.61 Å². The molecule has 0 heterocycles. The number of hydrogen-bond acceptors (Lipinski definition) is 3. The fourth-order valence-electron chi connectivity index (χ4n) is 4.52. The van der Waals surface area contributed by atoms with E-state index in [1.54, 1.807) is 0 Å². The van der Waals surface area contributed by atoms with Gasteiger partial charge in [-0.2, -0.15) is 0 Å². The van der Waals surface area contributed by atoms with Crippen LogP contribution in [0.1, 0.15) is 84.0 Å². The molecule has 3 heteroatoms. The van der Waals surface area contributed by atoms with Crippen molar-refractivity contribution < 1.29 is 4.74 Å². The molecule has 1 atom stereocenters. The van der Waals surface area contributed by atoms with E-state index in [2.05, 4.69) is 12.3 Å². The summed E-state index contributed by atoms with van der Waals surface area (Å²) in [6, 6.07) is 0.346. The molecule has 3 N–H and O–H groups in total. The summed E-state index contributed by atoms with van der Waals surface area (Å²) in [4.78, 5) is 0. The highest BCUT2D eigenvalue weighted by atomic mass is 16.5. The van der Waals surface area contributed by atoms with Crippen LogP contribution in [0.15, 0.2) is 0 Å². The average Bonchev–Trinajstić information content (AvgIpc) is 2.84. The molecule has 0 bridgehead atoms. The molecule has 1 unspecified atom stereocenters. The van der Waals surface area contributed by atoms with Gasteiger partial charge in [-0.15, -0.1) is 0 Å². The lowest BCUT2D eigenvalue weighted by Gasteiger charge is -2.43. The lowest BCUT2D eigenvalue weighted by Crippen LogP contribution is -2.58. The molecule has 0 aromatic rings. The highest BCUT2D eigenvalue weighted by molar-refractivity contribution is 4.97. The Kier molecular flexibility index (Phi) is 6.79. The summed E-state index contributed by atoms with van der Waals surface area (Å²) in [6.45, 7) is 2.94. The highest BCUT2D eigenvalue weighted by Gasteiger charge is 2.43. The highest BCUT2D eigenvalue weighted by Crippen LogP contribution is 2.39.